The predicted octanol–water partition coefficient (Wildman–Crippen LogP) is 5.46. The van der Waals surface area contributed by atoms with Crippen LogP contribution >= 0.6 is 11.6 Å². The minimum atomic E-state index is -0.896. The van der Waals surface area contributed by atoms with Crippen LogP contribution in [0, 0.1) is 0 Å². The molecule has 1 amide bonds. The number of aromatic hydroxyl groups is 1. The smallest absolute Gasteiger partial charge is 0.300 e. The number of carbonyl (C=O) groups excluding carboxylic acids is 2. The number of ether oxygens (including phenoxy) is 1. The number of nitrogens with zero attached hydrogens (tertiary/aromatic N) is 1. The largest absolute Gasteiger partial charge is 0.508 e. The van der Waals surface area contributed by atoms with Crippen molar-refractivity contribution >= 4 is 34.7 Å². The highest BCUT2D eigenvalue weighted by molar-refractivity contribution is 6.51. The molecule has 1 unspecified atom stereocenters. The van der Waals surface area contributed by atoms with Crippen molar-refractivity contribution in [1.29, 1.82) is 0 Å². The van der Waals surface area contributed by atoms with Crippen LogP contribution in [0.15, 0.2) is 78.4 Å². The Labute approximate surface area is 196 Å². The minimum absolute atomic E-state index is 0.0444. The Kier molecular flexibility index (Phi) is 6.38. The molecule has 0 spiro atoms. The molecule has 2 N–H and O–H groups in total. The summed E-state index contributed by atoms with van der Waals surface area (Å²) in [6.07, 6.45) is 0.823. The quantitative estimate of drug-likeness (QED) is 0.288. The number of anilines is 1. The standard InChI is InChI=1S/C26H22ClNO5/c1-2-14-33-21-5-3-4-17(15-21)24(30)22-23(16-6-12-20(29)13-7-16)28(26(32)25(22)31)19-10-8-18(27)9-11-19/h3-13,15,23,29-30H,2,14H2,1H3/b24-22-. The summed E-state index contributed by atoms with van der Waals surface area (Å²) in [5.41, 5.74) is 1.33. The molecule has 7 heteroatoms. The molecule has 3 aromatic rings. The van der Waals surface area contributed by atoms with Crippen LogP contribution in [0.1, 0.15) is 30.5 Å². The summed E-state index contributed by atoms with van der Waals surface area (Å²) in [6, 6.07) is 18.6. The molecule has 1 aliphatic heterocycles. The topological polar surface area (TPSA) is 87.1 Å². The van der Waals surface area contributed by atoms with E-state index >= 15 is 0 Å². The van der Waals surface area contributed by atoms with Crippen molar-refractivity contribution in [3.63, 3.8) is 0 Å². The third-order valence-electron chi connectivity index (χ3n) is 5.34. The average Bonchev–Trinajstić information content (AvgIpc) is 3.09. The Morgan fingerprint density at radius 1 is 1.03 bits per heavy atom. The van der Waals surface area contributed by atoms with Gasteiger partial charge in [0.25, 0.3) is 11.7 Å². The van der Waals surface area contributed by atoms with Crippen LogP contribution in [0.2, 0.25) is 5.02 Å². The van der Waals surface area contributed by atoms with E-state index in [1.54, 1.807) is 60.7 Å². The lowest BCUT2D eigenvalue weighted by atomic mass is 9.95. The highest BCUT2D eigenvalue weighted by Crippen LogP contribution is 2.42. The Balaban J connectivity index is 1.88. The van der Waals surface area contributed by atoms with Gasteiger partial charge in [0.2, 0.25) is 0 Å². The van der Waals surface area contributed by atoms with Crippen LogP contribution in [-0.2, 0) is 9.59 Å². The van der Waals surface area contributed by atoms with Crippen molar-refractivity contribution in [2.45, 2.75) is 19.4 Å². The summed E-state index contributed by atoms with van der Waals surface area (Å²) in [4.78, 5) is 27.6. The zero-order chi connectivity index (χ0) is 23.5. The number of amides is 1. The van der Waals surface area contributed by atoms with Crippen molar-refractivity contribution in [2.75, 3.05) is 11.5 Å². The van der Waals surface area contributed by atoms with E-state index < -0.39 is 17.7 Å². The average molecular weight is 464 g/mol. The Hall–Kier alpha value is -3.77. The SMILES string of the molecule is CCCOc1cccc(/C(O)=C2/C(=O)C(=O)N(c3ccc(Cl)cc3)C2c2ccc(O)cc2)c1. The molecule has 1 atom stereocenters. The van der Waals surface area contributed by atoms with Crippen molar-refractivity contribution in [3.05, 3.63) is 94.5 Å². The fraction of sp³-hybridized carbons (Fsp3) is 0.154. The maximum atomic E-state index is 13.2. The second kappa shape index (κ2) is 9.38. The number of hydrogen-bond donors (Lipinski definition) is 2. The molecule has 0 bridgehead atoms. The van der Waals surface area contributed by atoms with Gasteiger partial charge in [-0.3, -0.25) is 14.5 Å². The molecule has 0 radical (unpaired) electrons. The lowest BCUT2D eigenvalue weighted by Gasteiger charge is -2.25. The highest BCUT2D eigenvalue weighted by Gasteiger charge is 2.47. The van der Waals surface area contributed by atoms with Crippen molar-refractivity contribution in [2.24, 2.45) is 0 Å². The normalized spacial score (nSPS) is 17.4. The highest BCUT2D eigenvalue weighted by atomic mass is 35.5. The van der Waals surface area contributed by atoms with E-state index in [0.717, 1.165) is 6.42 Å². The van der Waals surface area contributed by atoms with E-state index in [-0.39, 0.29) is 17.1 Å². The molecular weight excluding hydrogens is 442 g/mol. The van der Waals surface area contributed by atoms with Gasteiger partial charge in [0.05, 0.1) is 18.2 Å². The molecule has 168 valence electrons. The van der Waals surface area contributed by atoms with E-state index in [0.29, 0.717) is 34.2 Å². The molecule has 0 saturated carbocycles. The van der Waals surface area contributed by atoms with Crippen LogP contribution in [0.4, 0.5) is 5.69 Å². The first-order chi connectivity index (χ1) is 15.9. The van der Waals surface area contributed by atoms with E-state index in [4.69, 9.17) is 16.3 Å². The lowest BCUT2D eigenvalue weighted by molar-refractivity contribution is -0.132. The first kappa shape index (κ1) is 22.4. The number of carbonyl (C=O) groups is 2. The Bertz CT molecular complexity index is 1220. The second-order valence-corrected chi connectivity index (χ2v) is 8.05. The molecule has 1 heterocycles. The first-order valence-electron chi connectivity index (χ1n) is 10.5. The summed E-state index contributed by atoms with van der Waals surface area (Å²) in [5, 5.41) is 21.4. The number of aliphatic hydroxyl groups excluding tert-OH is 1. The molecular formula is C26H22ClNO5. The third-order valence-corrected chi connectivity index (χ3v) is 5.59. The van der Waals surface area contributed by atoms with Crippen LogP contribution in [-0.4, -0.2) is 28.5 Å². The third kappa shape index (κ3) is 4.43. The van der Waals surface area contributed by atoms with Gasteiger partial charge in [-0.15, -0.1) is 0 Å². The van der Waals surface area contributed by atoms with Gasteiger partial charge in [0.15, 0.2) is 0 Å². The van der Waals surface area contributed by atoms with Gasteiger partial charge in [-0.1, -0.05) is 42.8 Å². The van der Waals surface area contributed by atoms with Crippen LogP contribution in [0.5, 0.6) is 11.5 Å². The van der Waals surface area contributed by atoms with E-state index in [9.17, 15) is 19.8 Å². The number of phenols is 1. The fourth-order valence-electron chi connectivity index (χ4n) is 3.78. The molecule has 4 rings (SSSR count). The summed E-state index contributed by atoms with van der Waals surface area (Å²) >= 11 is 6.01. The number of ketones is 1. The predicted molar refractivity (Wildman–Crippen MR) is 127 cm³/mol. The number of rotatable bonds is 6. The maximum absolute atomic E-state index is 13.2. The summed E-state index contributed by atoms with van der Waals surface area (Å²) in [7, 11) is 0. The Morgan fingerprint density at radius 2 is 1.73 bits per heavy atom. The van der Waals surface area contributed by atoms with Crippen molar-refractivity contribution < 1.29 is 24.5 Å². The molecule has 0 aromatic heterocycles. The monoisotopic (exact) mass is 463 g/mol. The van der Waals surface area contributed by atoms with Gasteiger partial charge in [0.1, 0.15) is 17.3 Å². The second-order valence-electron chi connectivity index (χ2n) is 7.61. The fourth-order valence-corrected chi connectivity index (χ4v) is 3.91. The molecule has 33 heavy (non-hydrogen) atoms. The van der Waals surface area contributed by atoms with Crippen molar-refractivity contribution in [1.82, 2.24) is 0 Å². The molecule has 1 fully saturated rings. The number of hydrogen-bond acceptors (Lipinski definition) is 5. The molecule has 3 aromatic carbocycles. The van der Waals surface area contributed by atoms with Crippen LogP contribution < -0.4 is 9.64 Å². The zero-order valence-corrected chi connectivity index (χ0v) is 18.6. The van der Waals surface area contributed by atoms with Gasteiger partial charge in [-0.2, -0.15) is 0 Å². The van der Waals surface area contributed by atoms with Gasteiger partial charge in [-0.05, 0) is 60.5 Å². The first-order valence-corrected chi connectivity index (χ1v) is 10.9. The summed E-state index contributed by atoms with van der Waals surface area (Å²) in [5.74, 6) is -1.28. The van der Waals surface area contributed by atoms with E-state index in [2.05, 4.69) is 0 Å². The number of Topliss-reactive ketones (excluding diaryl/α,β-unsaturated/α-hetero) is 1. The molecule has 6 nitrogen and oxygen atoms in total. The molecule has 1 saturated heterocycles. The van der Waals surface area contributed by atoms with Gasteiger partial charge in [-0.25, -0.2) is 0 Å². The van der Waals surface area contributed by atoms with Gasteiger partial charge in [0, 0.05) is 16.3 Å². The summed E-state index contributed by atoms with van der Waals surface area (Å²) < 4.78 is 5.65. The summed E-state index contributed by atoms with van der Waals surface area (Å²) in [6.45, 7) is 2.50. The molecule has 0 aliphatic carbocycles. The minimum Gasteiger partial charge on any atom is -0.508 e. The van der Waals surface area contributed by atoms with Gasteiger partial charge >= 0.3 is 0 Å². The Morgan fingerprint density at radius 3 is 2.39 bits per heavy atom. The lowest BCUT2D eigenvalue weighted by Crippen LogP contribution is -2.29. The van der Waals surface area contributed by atoms with Crippen LogP contribution in [0.3, 0.4) is 0 Å². The number of aliphatic hydroxyl groups is 1. The molecule has 1 aliphatic rings. The van der Waals surface area contributed by atoms with Crippen molar-refractivity contribution in [3.8, 4) is 11.5 Å². The zero-order valence-electron chi connectivity index (χ0n) is 17.9. The van der Waals surface area contributed by atoms with E-state index in [1.165, 1.54) is 17.0 Å². The number of halogens is 1. The maximum Gasteiger partial charge on any atom is 0.300 e. The number of benzene rings is 3. The van der Waals surface area contributed by atoms with Crippen LogP contribution in [0.25, 0.3) is 5.76 Å². The van der Waals surface area contributed by atoms with E-state index in [1.807, 2.05) is 6.92 Å². The number of phenolic OH excluding ortho intramolecular Hbond substituents is 1. The van der Waals surface area contributed by atoms with Gasteiger partial charge < -0.3 is 14.9 Å².